The zero-order valence-electron chi connectivity index (χ0n) is 9.35. The summed E-state index contributed by atoms with van der Waals surface area (Å²) in [6, 6.07) is 7.69. The molecule has 6 heteroatoms. The summed E-state index contributed by atoms with van der Waals surface area (Å²) in [5, 5.41) is 12.6. The Morgan fingerprint density at radius 2 is 2.12 bits per heavy atom. The summed E-state index contributed by atoms with van der Waals surface area (Å²) in [5.41, 5.74) is 1.02. The molecule has 0 saturated heterocycles. The van der Waals surface area contributed by atoms with Gasteiger partial charge < -0.3 is 0 Å². The van der Waals surface area contributed by atoms with Gasteiger partial charge in [0.25, 0.3) is 0 Å². The highest BCUT2D eigenvalue weighted by atomic mass is 35.5. The molecule has 0 spiro atoms. The first-order valence-corrected chi connectivity index (χ1v) is 6.15. The molecule has 4 nitrogen and oxygen atoms in total. The molecule has 0 aliphatic heterocycles. The minimum Gasteiger partial charge on any atom is -0.167 e. The van der Waals surface area contributed by atoms with Gasteiger partial charge in [0.05, 0.1) is 7.05 Å². The Bertz CT molecular complexity index is 498. The highest BCUT2D eigenvalue weighted by Gasteiger charge is 2.16. The number of hydrogen-bond acceptors (Lipinski definition) is 3. The summed E-state index contributed by atoms with van der Waals surface area (Å²) < 4.78 is 0. The van der Waals surface area contributed by atoms with E-state index in [4.69, 9.17) is 23.2 Å². The predicted molar refractivity (Wildman–Crippen MR) is 67.4 cm³/mol. The van der Waals surface area contributed by atoms with Crippen molar-refractivity contribution >= 4 is 23.2 Å². The maximum atomic E-state index is 6.15. The third kappa shape index (κ3) is 2.96. The third-order valence-electron chi connectivity index (χ3n) is 2.51. The van der Waals surface area contributed by atoms with Crippen molar-refractivity contribution in [3.63, 3.8) is 0 Å². The standard InChI is InChI=1S/C11H12Cl2N4/c1-17-15-11(14-16-17)6-8(7-12)9-4-2-3-5-10(9)13/h2-5,8H,6-7H2,1H3. The monoisotopic (exact) mass is 270 g/mol. The fraction of sp³-hybridized carbons (Fsp3) is 0.364. The molecule has 0 radical (unpaired) electrons. The van der Waals surface area contributed by atoms with Gasteiger partial charge in [0.2, 0.25) is 0 Å². The van der Waals surface area contributed by atoms with Gasteiger partial charge in [-0.25, -0.2) is 0 Å². The van der Waals surface area contributed by atoms with Crippen molar-refractivity contribution in [1.29, 1.82) is 0 Å². The number of aryl methyl sites for hydroxylation is 1. The van der Waals surface area contributed by atoms with E-state index < -0.39 is 0 Å². The molecule has 90 valence electrons. The van der Waals surface area contributed by atoms with Crippen LogP contribution in [0.4, 0.5) is 0 Å². The smallest absolute Gasteiger partial charge is 0.167 e. The fourth-order valence-electron chi connectivity index (χ4n) is 1.68. The second kappa shape index (κ2) is 5.47. The summed E-state index contributed by atoms with van der Waals surface area (Å²) >= 11 is 12.1. The zero-order chi connectivity index (χ0) is 12.3. The van der Waals surface area contributed by atoms with Gasteiger partial charge in [-0.3, -0.25) is 0 Å². The summed E-state index contributed by atoms with van der Waals surface area (Å²) in [7, 11) is 1.74. The Morgan fingerprint density at radius 3 is 2.71 bits per heavy atom. The summed E-state index contributed by atoms with van der Waals surface area (Å²) in [6.45, 7) is 0. The largest absolute Gasteiger partial charge is 0.175 e. The van der Waals surface area contributed by atoms with Gasteiger partial charge in [-0.15, -0.1) is 21.8 Å². The van der Waals surface area contributed by atoms with Crippen molar-refractivity contribution in [3.8, 4) is 0 Å². The second-order valence-electron chi connectivity index (χ2n) is 3.77. The molecule has 1 unspecified atom stereocenters. The van der Waals surface area contributed by atoms with Crippen LogP contribution in [0.5, 0.6) is 0 Å². The summed E-state index contributed by atoms with van der Waals surface area (Å²) in [5.74, 6) is 1.26. The van der Waals surface area contributed by atoms with Crippen LogP contribution < -0.4 is 0 Å². The normalized spacial score (nSPS) is 12.6. The quantitative estimate of drug-likeness (QED) is 0.802. The summed E-state index contributed by atoms with van der Waals surface area (Å²) in [6.07, 6.45) is 0.640. The maximum Gasteiger partial charge on any atom is 0.175 e. The average Bonchev–Trinajstić information content (AvgIpc) is 2.73. The Balaban J connectivity index is 2.20. The number of benzene rings is 1. The number of halogens is 2. The molecule has 0 N–H and O–H groups in total. The van der Waals surface area contributed by atoms with Crippen molar-refractivity contribution in [1.82, 2.24) is 20.2 Å². The predicted octanol–water partition coefficient (Wildman–Crippen LogP) is 2.43. The van der Waals surface area contributed by atoms with Crippen molar-refractivity contribution in [3.05, 3.63) is 40.7 Å². The SMILES string of the molecule is Cn1nnc(CC(CCl)c2ccccc2Cl)n1. The van der Waals surface area contributed by atoms with Crippen LogP contribution >= 0.6 is 23.2 Å². The van der Waals surface area contributed by atoms with Crippen molar-refractivity contribution < 1.29 is 0 Å². The Morgan fingerprint density at radius 1 is 1.35 bits per heavy atom. The molecule has 1 heterocycles. The van der Waals surface area contributed by atoms with Gasteiger partial charge in [-0.05, 0) is 16.8 Å². The zero-order valence-corrected chi connectivity index (χ0v) is 10.9. The van der Waals surface area contributed by atoms with Gasteiger partial charge in [0, 0.05) is 23.2 Å². The van der Waals surface area contributed by atoms with Gasteiger partial charge in [-0.1, -0.05) is 29.8 Å². The Labute approximate surface area is 110 Å². The van der Waals surface area contributed by atoms with Gasteiger partial charge in [0.1, 0.15) is 0 Å². The lowest BCUT2D eigenvalue weighted by Crippen LogP contribution is -2.07. The van der Waals surface area contributed by atoms with Crippen LogP contribution in [-0.2, 0) is 13.5 Å². The fourth-order valence-corrected chi connectivity index (χ4v) is 2.24. The van der Waals surface area contributed by atoms with Crippen LogP contribution in [0.3, 0.4) is 0 Å². The maximum absolute atomic E-state index is 6.15. The Hall–Kier alpha value is -1.13. The highest BCUT2D eigenvalue weighted by molar-refractivity contribution is 6.31. The van der Waals surface area contributed by atoms with E-state index in [0.717, 1.165) is 10.6 Å². The molecule has 0 aliphatic carbocycles. The molecule has 0 amide bonds. The minimum atomic E-state index is 0.106. The van der Waals surface area contributed by atoms with Crippen molar-refractivity contribution in [2.75, 3.05) is 5.88 Å². The van der Waals surface area contributed by atoms with Crippen LogP contribution in [0.25, 0.3) is 0 Å². The lowest BCUT2D eigenvalue weighted by atomic mass is 9.97. The average molecular weight is 271 g/mol. The van der Waals surface area contributed by atoms with Crippen LogP contribution in [0.1, 0.15) is 17.3 Å². The first-order chi connectivity index (χ1) is 8.20. The van der Waals surface area contributed by atoms with E-state index in [1.807, 2.05) is 24.3 Å². The number of aromatic nitrogens is 4. The number of alkyl halides is 1. The molecular formula is C11H12Cl2N4. The molecule has 2 aromatic rings. The molecule has 0 saturated carbocycles. The molecule has 0 aliphatic rings. The second-order valence-corrected chi connectivity index (χ2v) is 4.49. The molecule has 0 bridgehead atoms. The van der Waals surface area contributed by atoms with E-state index >= 15 is 0 Å². The molecule has 1 atom stereocenters. The molecular weight excluding hydrogens is 259 g/mol. The van der Waals surface area contributed by atoms with Crippen molar-refractivity contribution in [2.24, 2.45) is 7.05 Å². The number of tetrazole rings is 1. The topological polar surface area (TPSA) is 43.6 Å². The molecule has 17 heavy (non-hydrogen) atoms. The number of hydrogen-bond donors (Lipinski definition) is 0. The van der Waals surface area contributed by atoms with Gasteiger partial charge >= 0.3 is 0 Å². The lowest BCUT2D eigenvalue weighted by molar-refractivity contribution is 0.624. The third-order valence-corrected chi connectivity index (χ3v) is 3.23. The van der Waals surface area contributed by atoms with Crippen molar-refractivity contribution in [2.45, 2.75) is 12.3 Å². The van der Waals surface area contributed by atoms with Gasteiger partial charge in [-0.2, -0.15) is 4.80 Å². The van der Waals surface area contributed by atoms with E-state index in [9.17, 15) is 0 Å². The minimum absolute atomic E-state index is 0.106. The number of nitrogens with zero attached hydrogens (tertiary/aromatic N) is 4. The van der Waals surface area contributed by atoms with Crippen LogP contribution in [0.2, 0.25) is 5.02 Å². The lowest BCUT2D eigenvalue weighted by Gasteiger charge is -2.13. The highest BCUT2D eigenvalue weighted by Crippen LogP contribution is 2.27. The van der Waals surface area contributed by atoms with E-state index in [2.05, 4.69) is 15.4 Å². The van der Waals surface area contributed by atoms with E-state index in [1.54, 1.807) is 7.05 Å². The molecule has 1 aromatic heterocycles. The van der Waals surface area contributed by atoms with Crippen LogP contribution in [0.15, 0.2) is 24.3 Å². The molecule has 1 aromatic carbocycles. The first-order valence-electron chi connectivity index (χ1n) is 5.24. The van der Waals surface area contributed by atoms with E-state index in [1.165, 1.54) is 4.80 Å². The van der Waals surface area contributed by atoms with E-state index in [-0.39, 0.29) is 5.92 Å². The number of rotatable bonds is 4. The first kappa shape index (κ1) is 12.3. The van der Waals surface area contributed by atoms with Crippen LogP contribution in [0, 0.1) is 0 Å². The van der Waals surface area contributed by atoms with Gasteiger partial charge in [0.15, 0.2) is 5.82 Å². The van der Waals surface area contributed by atoms with E-state index in [0.29, 0.717) is 18.1 Å². The summed E-state index contributed by atoms with van der Waals surface area (Å²) in [4.78, 5) is 1.44. The van der Waals surface area contributed by atoms with Crippen LogP contribution in [-0.4, -0.2) is 26.1 Å². The molecule has 0 fully saturated rings. The Kier molecular flexibility index (Phi) is 3.97. The molecule has 2 rings (SSSR count).